The first-order valence-corrected chi connectivity index (χ1v) is 9.61. The van der Waals surface area contributed by atoms with Crippen LogP contribution >= 0.6 is 0 Å². The van der Waals surface area contributed by atoms with Crippen LogP contribution in [0.15, 0.2) is 36.4 Å². The third-order valence-electron chi connectivity index (χ3n) is 5.47. The molecule has 0 spiro atoms. The third-order valence-corrected chi connectivity index (χ3v) is 5.47. The van der Waals surface area contributed by atoms with Gasteiger partial charge in [0.05, 0.1) is 30.3 Å². The van der Waals surface area contributed by atoms with Gasteiger partial charge in [-0.1, -0.05) is 29.8 Å². The minimum atomic E-state index is -0.951. The summed E-state index contributed by atoms with van der Waals surface area (Å²) in [5.74, 6) is -0.140. The van der Waals surface area contributed by atoms with Crippen LogP contribution in [-0.4, -0.2) is 46.9 Å². The minimum absolute atomic E-state index is 0.0477. The van der Waals surface area contributed by atoms with Crippen LogP contribution in [0, 0.1) is 13.8 Å². The minimum Gasteiger partial charge on any atom is -0.478 e. The van der Waals surface area contributed by atoms with Crippen LogP contribution in [0.3, 0.4) is 0 Å². The van der Waals surface area contributed by atoms with Crippen molar-refractivity contribution in [3.8, 4) is 0 Å². The van der Waals surface area contributed by atoms with Gasteiger partial charge in [-0.2, -0.15) is 0 Å². The molecule has 1 aromatic heterocycles. The maximum atomic E-state index is 12.0. The third kappa shape index (κ3) is 3.24. The lowest BCUT2D eigenvalue weighted by Crippen LogP contribution is -2.36. The Labute approximate surface area is 164 Å². The number of morpholine rings is 1. The van der Waals surface area contributed by atoms with Crippen LogP contribution in [0.4, 0.5) is 5.69 Å². The Bertz CT molecular complexity index is 1030. The summed E-state index contributed by atoms with van der Waals surface area (Å²) in [6.45, 7) is 8.96. The van der Waals surface area contributed by atoms with E-state index in [1.165, 1.54) is 11.1 Å². The fraction of sp³-hybridized carbons (Fsp3) is 0.364. The smallest absolute Gasteiger partial charge is 0.338 e. The van der Waals surface area contributed by atoms with Gasteiger partial charge in [0, 0.05) is 18.8 Å². The second-order valence-electron chi connectivity index (χ2n) is 7.38. The van der Waals surface area contributed by atoms with Crippen LogP contribution in [0.25, 0.3) is 11.0 Å². The maximum Gasteiger partial charge on any atom is 0.338 e. The monoisotopic (exact) mass is 379 g/mol. The first-order chi connectivity index (χ1) is 13.5. The molecular weight excluding hydrogens is 354 g/mol. The Morgan fingerprint density at radius 2 is 1.93 bits per heavy atom. The molecule has 6 heteroatoms. The van der Waals surface area contributed by atoms with Gasteiger partial charge in [-0.05, 0) is 38.5 Å². The lowest BCUT2D eigenvalue weighted by Gasteiger charge is -2.29. The normalized spacial score (nSPS) is 15.8. The number of carboxylic acid groups (broad SMARTS) is 1. The Morgan fingerprint density at radius 1 is 1.18 bits per heavy atom. The highest BCUT2D eigenvalue weighted by atomic mass is 16.5. The van der Waals surface area contributed by atoms with Crippen molar-refractivity contribution in [2.45, 2.75) is 26.8 Å². The molecule has 1 fully saturated rings. The first kappa shape index (κ1) is 18.5. The number of carboxylic acids is 1. The molecule has 0 saturated carbocycles. The van der Waals surface area contributed by atoms with Gasteiger partial charge in [0.2, 0.25) is 0 Å². The van der Waals surface area contributed by atoms with Crippen molar-refractivity contribution in [1.29, 1.82) is 0 Å². The lowest BCUT2D eigenvalue weighted by molar-refractivity contribution is 0.0699. The summed E-state index contributed by atoms with van der Waals surface area (Å²) >= 11 is 0. The molecule has 0 amide bonds. The molecule has 2 aromatic carbocycles. The summed E-state index contributed by atoms with van der Waals surface area (Å²) in [5, 5.41) is 9.81. The quantitative estimate of drug-likeness (QED) is 0.747. The van der Waals surface area contributed by atoms with Crippen LogP contribution in [-0.2, 0) is 4.74 Å². The summed E-state index contributed by atoms with van der Waals surface area (Å²) in [6.07, 6.45) is 0. The molecule has 1 aliphatic rings. The number of fused-ring (bicyclic) bond motifs is 1. The summed E-state index contributed by atoms with van der Waals surface area (Å²) in [5.41, 5.74) is 4.93. The number of benzene rings is 2. The Kier molecular flexibility index (Phi) is 4.81. The molecule has 6 nitrogen and oxygen atoms in total. The number of rotatable bonds is 4. The fourth-order valence-corrected chi connectivity index (χ4v) is 4.03. The number of aromatic carboxylic acids is 1. The van der Waals surface area contributed by atoms with Crippen LogP contribution in [0.1, 0.15) is 40.3 Å². The van der Waals surface area contributed by atoms with Gasteiger partial charge in [0.15, 0.2) is 0 Å². The van der Waals surface area contributed by atoms with E-state index in [1.54, 1.807) is 6.07 Å². The molecular formula is C22H25N3O3. The summed E-state index contributed by atoms with van der Waals surface area (Å²) in [7, 11) is 0. The molecule has 146 valence electrons. The molecule has 28 heavy (non-hydrogen) atoms. The number of aryl methyl sites for hydroxylation is 2. The SMILES string of the molecule is Cc1cccc(C(C)n2c(C)nc3c(C(=O)O)cc(N4CCOCC4)cc32)c1. The summed E-state index contributed by atoms with van der Waals surface area (Å²) in [4.78, 5) is 18.8. The number of nitrogens with zero attached hydrogens (tertiary/aromatic N) is 3. The molecule has 1 aliphatic heterocycles. The van der Waals surface area contributed by atoms with Gasteiger partial charge >= 0.3 is 5.97 Å². The topological polar surface area (TPSA) is 67.6 Å². The number of anilines is 1. The number of ether oxygens (including phenoxy) is 1. The Morgan fingerprint density at radius 3 is 2.61 bits per heavy atom. The van der Waals surface area contributed by atoms with Crippen molar-refractivity contribution >= 4 is 22.7 Å². The first-order valence-electron chi connectivity index (χ1n) is 9.61. The van der Waals surface area contributed by atoms with E-state index in [-0.39, 0.29) is 11.6 Å². The molecule has 1 unspecified atom stereocenters. The van der Waals surface area contributed by atoms with E-state index in [1.807, 2.05) is 6.92 Å². The Balaban J connectivity index is 1.90. The second-order valence-corrected chi connectivity index (χ2v) is 7.38. The van der Waals surface area contributed by atoms with Gasteiger partial charge in [0.1, 0.15) is 11.3 Å². The van der Waals surface area contributed by atoms with Gasteiger partial charge in [-0.3, -0.25) is 0 Å². The number of imidazole rings is 1. The van der Waals surface area contributed by atoms with Crippen molar-refractivity contribution in [3.63, 3.8) is 0 Å². The highest BCUT2D eigenvalue weighted by Crippen LogP contribution is 2.32. The fourth-order valence-electron chi connectivity index (χ4n) is 4.03. The average Bonchev–Trinajstić information content (AvgIpc) is 3.02. The largest absolute Gasteiger partial charge is 0.478 e. The van der Waals surface area contributed by atoms with E-state index in [0.29, 0.717) is 18.7 Å². The zero-order chi connectivity index (χ0) is 19.8. The molecule has 1 atom stereocenters. The summed E-state index contributed by atoms with van der Waals surface area (Å²) < 4.78 is 7.59. The molecule has 1 N–H and O–H groups in total. The van der Waals surface area contributed by atoms with E-state index in [2.05, 4.69) is 58.6 Å². The summed E-state index contributed by atoms with van der Waals surface area (Å²) in [6, 6.07) is 12.3. The highest BCUT2D eigenvalue weighted by Gasteiger charge is 2.23. The van der Waals surface area contributed by atoms with Crippen LogP contribution in [0.5, 0.6) is 0 Å². The molecule has 3 aromatic rings. The maximum absolute atomic E-state index is 12.0. The van der Waals surface area contributed by atoms with Gasteiger partial charge in [-0.15, -0.1) is 0 Å². The van der Waals surface area contributed by atoms with Crippen molar-refractivity contribution in [1.82, 2.24) is 9.55 Å². The van der Waals surface area contributed by atoms with Crippen LogP contribution < -0.4 is 4.90 Å². The van der Waals surface area contributed by atoms with Crippen molar-refractivity contribution in [2.75, 3.05) is 31.2 Å². The number of hydrogen-bond acceptors (Lipinski definition) is 4. The van der Waals surface area contributed by atoms with Crippen molar-refractivity contribution in [2.24, 2.45) is 0 Å². The van der Waals surface area contributed by atoms with E-state index in [9.17, 15) is 9.90 Å². The zero-order valence-corrected chi connectivity index (χ0v) is 16.5. The van der Waals surface area contributed by atoms with Gasteiger partial charge < -0.3 is 19.3 Å². The predicted molar refractivity (Wildman–Crippen MR) is 109 cm³/mol. The molecule has 2 heterocycles. The van der Waals surface area contributed by atoms with Crippen molar-refractivity contribution in [3.05, 3.63) is 58.9 Å². The van der Waals surface area contributed by atoms with Gasteiger partial charge in [0.25, 0.3) is 0 Å². The number of hydrogen-bond donors (Lipinski definition) is 1. The standard InChI is InChI=1S/C22H25N3O3/c1-14-5-4-6-17(11-14)15(2)25-16(3)23-21-19(22(26)27)12-18(13-20(21)25)24-7-9-28-10-8-24/h4-6,11-13,15H,7-10H2,1-3H3,(H,26,27). The number of aromatic nitrogens is 2. The second kappa shape index (κ2) is 7.28. The molecule has 1 saturated heterocycles. The van der Waals surface area contributed by atoms with E-state index < -0.39 is 5.97 Å². The molecule has 0 radical (unpaired) electrons. The zero-order valence-electron chi connectivity index (χ0n) is 16.5. The van der Waals surface area contributed by atoms with Gasteiger partial charge in [-0.25, -0.2) is 9.78 Å². The molecule has 0 aliphatic carbocycles. The molecule has 0 bridgehead atoms. The average molecular weight is 379 g/mol. The van der Waals surface area contributed by atoms with Crippen molar-refractivity contribution < 1.29 is 14.6 Å². The predicted octanol–water partition coefficient (Wildman–Crippen LogP) is 3.80. The van der Waals surface area contributed by atoms with Crippen LogP contribution in [0.2, 0.25) is 0 Å². The Hall–Kier alpha value is -2.86. The van der Waals surface area contributed by atoms with E-state index in [0.717, 1.165) is 30.1 Å². The highest BCUT2D eigenvalue weighted by molar-refractivity contribution is 6.03. The van der Waals surface area contributed by atoms with E-state index >= 15 is 0 Å². The number of carbonyl (C=O) groups is 1. The molecule has 4 rings (SSSR count). The van der Waals surface area contributed by atoms with E-state index in [4.69, 9.17) is 4.74 Å². The lowest BCUT2D eigenvalue weighted by atomic mass is 10.0.